The van der Waals surface area contributed by atoms with Crippen LogP contribution in [-0.4, -0.2) is 9.55 Å². The number of nitrogens with zero attached hydrogens (tertiary/aromatic N) is 2. The van der Waals surface area contributed by atoms with Gasteiger partial charge in [-0.15, -0.1) is 0 Å². The Morgan fingerprint density at radius 1 is 0.833 bits per heavy atom. The van der Waals surface area contributed by atoms with E-state index in [-0.39, 0.29) is 0 Å². The summed E-state index contributed by atoms with van der Waals surface area (Å²) in [5.74, 6) is 2.48. The lowest BCUT2D eigenvalue weighted by molar-refractivity contribution is 0.359. The third-order valence-corrected chi connectivity index (χ3v) is 7.71. The van der Waals surface area contributed by atoms with Crippen LogP contribution in [0.25, 0.3) is 28.1 Å². The van der Waals surface area contributed by atoms with Crippen molar-refractivity contribution >= 4 is 27.0 Å². The number of aryl methyl sites for hydroxylation is 2. The van der Waals surface area contributed by atoms with Crippen molar-refractivity contribution in [2.24, 2.45) is 0 Å². The zero-order valence-corrected chi connectivity index (χ0v) is 19.0. The third-order valence-electron chi connectivity index (χ3n) is 7.21. The van der Waals surface area contributed by atoms with Crippen LogP contribution in [0.1, 0.15) is 59.8 Å². The van der Waals surface area contributed by atoms with E-state index in [2.05, 4.69) is 88.9 Å². The highest BCUT2D eigenvalue weighted by Crippen LogP contribution is 2.50. The Hall–Kier alpha value is -2.39. The summed E-state index contributed by atoms with van der Waals surface area (Å²) in [6.45, 7) is 4.42. The molecule has 0 radical (unpaired) electrons. The lowest BCUT2D eigenvalue weighted by Crippen LogP contribution is -2.21. The summed E-state index contributed by atoms with van der Waals surface area (Å²) in [6, 6.07) is 20.0. The third kappa shape index (κ3) is 2.71. The molecule has 3 aliphatic carbocycles. The second kappa shape index (κ2) is 6.81. The minimum Gasteiger partial charge on any atom is -0.292 e. The number of halogens is 1. The van der Waals surface area contributed by atoms with Crippen LogP contribution in [-0.2, 0) is 0 Å². The molecule has 0 N–H and O–H groups in total. The van der Waals surface area contributed by atoms with Crippen LogP contribution in [0.4, 0.5) is 0 Å². The zero-order chi connectivity index (χ0) is 20.4. The maximum Gasteiger partial charge on any atom is 0.145 e. The molecular formula is C27H25BrN2. The van der Waals surface area contributed by atoms with Crippen molar-refractivity contribution in [3.05, 3.63) is 81.3 Å². The predicted molar refractivity (Wildman–Crippen MR) is 128 cm³/mol. The number of aromatic nitrogens is 2. The van der Waals surface area contributed by atoms with Crippen molar-refractivity contribution < 1.29 is 0 Å². The average Bonchev–Trinajstić information content (AvgIpc) is 3.12. The van der Waals surface area contributed by atoms with Crippen molar-refractivity contribution in [1.29, 1.82) is 0 Å². The van der Waals surface area contributed by atoms with Crippen LogP contribution in [0.3, 0.4) is 0 Å². The van der Waals surface area contributed by atoms with Crippen molar-refractivity contribution in [3.8, 4) is 17.1 Å². The van der Waals surface area contributed by atoms with Gasteiger partial charge in [0, 0.05) is 10.0 Å². The summed E-state index contributed by atoms with van der Waals surface area (Å²) in [5, 5.41) is 0. The lowest BCUT2D eigenvalue weighted by Gasteiger charge is -2.38. The van der Waals surface area contributed by atoms with E-state index in [0.29, 0.717) is 0 Å². The molecule has 0 amide bonds. The summed E-state index contributed by atoms with van der Waals surface area (Å²) in [5.41, 5.74) is 10.5. The lowest BCUT2D eigenvalue weighted by atomic mass is 9.67. The molecule has 0 atom stereocenters. The fourth-order valence-corrected chi connectivity index (χ4v) is 6.18. The van der Waals surface area contributed by atoms with Gasteiger partial charge in [-0.1, -0.05) is 46.3 Å². The molecule has 4 aromatic rings. The smallest absolute Gasteiger partial charge is 0.145 e. The van der Waals surface area contributed by atoms with Crippen LogP contribution < -0.4 is 0 Å². The first kappa shape index (κ1) is 18.4. The molecule has 0 aliphatic heterocycles. The molecule has 3 aromatic carbocycles. The number of hydrogen-bond acceptors (Lipinski definition) is 1. The number of para-hydroxylation sites is 1. The van der Waals surface area contributed by atoms with E-state index >= 15 is 0 Å². The molecule has 0 spiro atoms. The Balaban J connectivity index is 1.71. The summed E-state index contributed by atoms with van der Waals surface area (Å²) in [7, 11) is 0. The van der Waals surface area contributed by atoms with Gasteiger partial charge in [0.05, 0.1) is 16.7 Å². The van der Waals surface area contributed by atoms with Gasteiger partial charge in [-0.25, -0.2) is 4.98 Å². The van der Waals surface area contributed by atoms with Gasteiger partial charge < -0.3 is 0 Å². The van der Waals surface area contributed by atoms with Crippen molar-refractivity contribution in [2.45, 2.75) is 51.4 Å². The van der Waals surface area contributed by atoms with Crippen LogP contribution in [0.5, 0.6) is 0 Å². The van der Waals surface area contributed by atoms with Crippen LogP contribution in [0.15, 0.2) is 59.1 Å². The molecule has 1 saturated carbocycles. The summed E-state index contributed by atoms with van der Waals surface area (Å²) in [4.78, 5) is 5.22. The number of benzene rings is 3. The molecule has 0 unspecified atom stereocenters. The van der Waals surface area contributed by atoms with Gasteiger partial charge >= 0.3 is 0 Å². The van der Waals surface area contributed by atoms with Gasteiger partial charge in [0.2, 0.25) is 0 Å². The van der Waals surface area contributed by atoms with E-state index in [1.807, 2.05) is 0 Å². The van der Waals surface area contributed by atoms with Crippen molar-refractivity contribution in [3.63, 3.8) is 0 Å². The van der Waals surface area contributed by atoms with Crippen LogP contribution >= 0.6 is 15.9 Å². The highest BCUT2D eigenvalue weighted by molar-refractivity contribution is 9.10. The predicted octanol–water partition coefficient (Wildman–Crippen LogP) is 7.83. The maximum absolute atomic E-state index is 5.22. The highest BCUT2D eigenvalue weighted by Gasteiger charge is 2.34. The second-order valence-corrected chi connectivity index (χ2v) is 9.96. The molecule has 1 heterocycles. The SMILES string of the molecule is Cc1cccc(C)c1-n1c(-c2cccc(Br)c2)nc2cc3c(cc21)C1CCC3CC1. The fourth-order valence-electron chi connectivity index (χ4n) is 5.78. The molecule has 1 fully saturated rings. The fraction of sp³-hybridized carbons (Fsp3) is 0.296. The van der Waals surface area contributed by atoms with Gasteiger partial charge in [0.1, 0.15) is 5.82 Å². The van der Waals surface area contributed by atoms with Crippen molar-refractivity contribution in [2.75, 3.05) is 0 Å². The Bertz CT molecular complexity index is 1270. The molecule has 1 aromatic heterocycles. The normalized spacial score (nSPS) is 20.0. The van der Waals surface area contributed by atoms with Gasteiger partial charge in [0.15, 0.2) is 0 Å². The Kier molecular flexibility index (Phi) is 4.18. The molecule has 2 bridgehead atoms. The molecular weight excluding hydrogens is 432 g/mol. The van der Waals surface area contributed by atoms with E-state index in [1.54, 1.807) is 11.1 Å². The minimum absolute atomic E-state index is 0.727. The van der Waals surface area contributed by atoms with E-state index in [0.717, 1.165) is 33.2 Å². The van der Waals surface area contributed by atoms with E-state index < -0.39 is 0 Å². The maximum atomic E-state index is 5.22. The first-order valence-electron chi connectivity index (χ1n) is 11.0. The Morgan fingerprint density at radius 3 is 2.13 bits per heavy atom. The zero-order valence-electron chi connectivity index (χ0n) is 17.5. The summed E-state index contributed by atoms with van der Waals surface area (Å²) < 4.78 is 3.49. The van der Waals surface area contributed by atoms with Gasteiger partial charge in [-0.05, 0) is 97.9 Å². The monoisotopic (exact) mass is 456 g/mol. The molecule has 30 heavy (non-hydrogen) atoms. The Labute approximate surface area is 186 Å². The van der Waals surface area contributed by atoms with Crippen LogP contribution in [0, 0.1) is 13.8 Å². The largest absolute Gasteiger partial charge is 0.292 e. The van der Waals surface area contributed by atoms with Gasteiger partial charge in [-0.2, -0.15) is 0 Å². The molecule has 150 valence electrons. The minimum atomic E-state index is 0.727. The molecule has 2 nitrogen and oxygen atoms in total. The number of hydrogen-bond donors (Lipinski definition) is 0. The second-order valence-electron chi connectivity index (χ2n) is 9.04. The highest BCUT2D eigenvalue weighted by atomic mass is 79.9. The van der Waals surface area contributed by atoms with Crippen molar-refractivity contribution in [1.82, 2.24) is 9.55 Å². The van der Waals surface area contributed by atoms with E-state index in [4.69, 9.17) is 4.98 Å². The molecule has 3 heteroatoms. The number of imidazole rings is 1. The first-order valence-corrected chi connectivity index (χ1v) is 11.8. The molecule has 3 aliphatic rings. The standard InChI is InChI=1S/C27H25BrN2/c1-16-5-3-6-17(2)26(16)30-25-15-23-19-11-9-18(10-12-19)22(23)14-24(25)29-27(30)20-7-4-8-21(28)13-20/h3-8,13-15,18-19H,9-12H2,1-2H3. The first-order chi connectivity index (χ1) is 14.6. The van der Waals surface area contributed by atoms with Gasteiger partial charge in [0.25, 0.3) is 0 Å². The quantitative estimate of drug-likeness (QED) is 0.300. The molecule has 0 saturated heterocycles. The van der Waals surface area contributed by atoms with Gasteiger partial charge in [-0.3, -0.25) is 4.57 Å². The van der Waals surface area contributed by atoms with Crippen LogP contribution in [0.2, 0.25) is 0 Å². The topological polar surface area (TPSA) is 17.8 Å². The number of fused-ring (bicyclic) bond motifs is 3. The number of rotatable bonds is 2. The summed E-state index contributed by atoms with van der Waals surface area (Å²) in [6.07, 6.45) is 5.39. The summed E-state index contributed by atoms with van der Waals surface area (Å²) >= 11 is 3.65. The average molecular weight is 457 g/mol. The van der Waals surface area contributed by atoms with E-state index in [9.17, 15) is 0 Å². The Morgan fingerprint density at radius 2 is 1.47 bits per heavy atom. The van der Waals surface area contributed by atoms with E-state index in [1.165, 1.54) is 48.0 Å². The molecule has 7 rings (SSSR count).